The number of thioether (sulfide) groups is 2. The van der Waals surface area contributed by atoms with Crippen molar-refractivity contribution in [3.63, 3.8) is 0 Å². The van der Waals surface area contributed by atoms with Crippen LogP contribution < -0.4 is 16.4 Å². The van der Waals surface area contributed by atoms with Gasteiger partial charge in [-0.3, -0.25) is 9.59 Å². The molecule has 22 heavy (non-hydrogen) atoms. The van der Waals surface area contributed by atoms with Gasteiger partial charge in [0.15, 0.2) is 0 Å². The fourth-order valence-corrected chi connectivity index (χ4v) is 3.43. The topological polar surface area (TPSA) is 104 Å². The number of amides is 1. The Morgan fingerprint density at radius 3 is 2.77 bits per heavy atom. The van der Waals surface area contributed by atoms with Crippen molar-refractivity contribution >= 4 is 47.2 Å². The Labute approximate surface area is 136 Å². The van der Waals surface area contributed by atoms with E-state index in [0.717, 1.165) is 11.3 Å². The highest BCUT2D eigenvalue weighted by molar-refractivity contribution is 8.19. The first-order chi connectivity index (χ1) is 10.5. The van der Waals surface area contributed by atoms with Crippen LogP contribution in [-0.2, 0) is 9.59 Å². The molecular formula is C14H17N3O3S2. The predicted molar refractivity (Wildman–Crippen MR) is 91.6 cm³/mol. The van der Waals surface area contributed by atoms with Crippen LogP contribution in [0, 0.1) is 0 Å². The highest BCUT2D eigenvalue weighted by Crippen LogP contribution is 2.34. The molecule has 0 aromatic heterocycles. The van der Waals surface area contributed by atoms with Crippen LogP contribution in [0.25, 0.3) is 6.08 Å². The van der Waals surface area contributed by atoms with Crippen LogP contribution in [-0.4, -0.2) is 40.5 Å². The van der Waals surface area contributed by atoms with Crippen LogP contribution in [0.5, 0.6) is 0 Å². The van der Waals surface area contributed by atoms with Gasteiger partial charge < -0.3 is 21.5 Å². The second kappa shape index (κ2) is 7.57. The molecule has 1 amide bonds. The number of hydrogen-bond acceptors (Lipinski definition) is 6. The Morgan fingerprint density at radius 2 is 2.23 bits per heavy atom. The van der Waals surface area contributed by atoms with Crippen LogP contribution in [0.1, 0.15) is 5.56 Å². The van der Waals surface area contributed by atoms with E-state index in [4.69, 9.17) is 10.8 Å². The van der Waals surface area contributed by atoms with Crippen LogP contribution in [0.2, 0.25) is 0 Å². The molecule has 1 unspecified atom stereocenters. The maximum atomic E-state index is 11.8. The minimum Gasteiger partial charge on any atom is -0.480 e. The zero-order valence-corrected chi connectivity index (χ0v) is 13.5. The summed E-state index contributed by atoms with van der Waals surface area (Å²) >= 11 is 3.09. The van der Waals surface area contributed by atoms with Gasteiger partial charge in [-0.15, -0.1) is 11.8 Å². The quantitative estimate of drug-likeness (QED) is 0.580. The summed E-state index contributed by atoms with van der Waals surface area (Å²) in [5.41, 5.74) is 7.12. The Balaban J connectivity index is 1.97. The summed E-state index contributed by atoms with van der Waals surface area (Å²) in [6.45, 7) is 0.156. The van der Waals surface area contributed by atoms with Gasteiger partial charge >= 0.3 is 5.97 Å². The number of carboxylic acid groups (broad SMARTS) is 1. The Hall–Kier alpha value is -1.64. The van der Waals surface area contributed by atoms with Crippen molar-refractivity contribution in [2.24, 2.45) is 5.73 Å². The molecule has 6 nitrogen and oxygen atoms in total. The lowest BCUT2D eigenvalue weighted by Crippen LogP contribution is -2.36. The number of anilines is 1. The SMILES string of the molecule is CSC1NC(=O)/C(=C/c2ccc(NC[C@H](N)C(=O)O)cc2)S1. The molecule has 1 aliphatic heterocycles. The third-order valence-corrected chi connectivity index (χ3v) is 5.27. The molecule has 118 valence electrons. The molecule has 0 bridgehead atoms. The van der Waals surface area contributed by atoms with Gasteiger partial charge in [0.05, 0.1) is 4.91 Å². The van der Waals surface area contributed by atoms with Crippen LogP contribution >= 0.6 is 23.5 Å². The first-order valence-corrected chi connectivity index (χ1v) is 8.70. The maximum absolute atomic E-state index is 11.8. The lowest BCUT2D eigenvalue weighted by Gasteiger charge is -2.09. The van der Waals surface area contributed by atoms with Gasteiger partial charge in [0.2, 0.25) is 0 Å². The molecule has 1 aromatic carbocycles. The second-order valence-electron chi connectivity index (χ2n) is 4.62. The number of carbonyl (C=O) groups is 2. The molecular weight excluding hydrogens is 322 g/mol. The number of carbonyl (C=O) groups excluding carboxylic acids is 1. The van der Waals surface area contributed by atoms with E-state index in [0.29, 0.717) is 4.91 Å². The number of hydrogen-bond donors (Lipinski definition) is 4. The van der Waals surface area contributed by atoms with E-state index in [2.05, 4.69) is 10.6 Å². The zero-order valence-electron chi connectivity index (χ0n) is 11.9. The molecule has 0 aliphatic carbocycles. The van der Waals surface area contributed by atoms with Gasteiger partial charge in [-0.1, -0.05) is 23.9 Å². The molecule has 1 aromatic rings. The predicted octanol–water partition coefficient (Wildman–Crippen LogP) is 1.36. The third kappa shape index (κ3) is 4.43. The van der Waals surface area contributed by atoms with Gasteiger partial charge in [-0.2, -0.15) is 0 Å². The molecule has 1 fully saturated rings. The largest absolute Gasteiger partial charge is 0.480 e. The normalized spacial score (nSPS) is 20.7. The van der Waals surface area contributed by atoms with Crippen molar-refractivity contribution in [1.82, 2.24) is 5.32 Å². The number of rotatable bonds is 6. The summed E-state index contributed by atoms with van der Waals surface area (Å²) in [7, 11) is 0. The fraction of sp³-hybridized carbons (Fsp3) is 0.286. The molecule has 1 heterocycles. The van der Waals surface area contributed by atoms with Crippen LogP contribution in [0.15, 0.2) is 29.2 Å². The highest BCUT2D eigenvalue weighted by Gasteiger charge is 2.26. The smallest absolute Gasteiger partial charge is 0.322 e. The van der Waals surface area contributed by atoms with Gasteiger partial charge in [0.25, 0.3) is 5.91 Å². The maximum Gasteiger partial charge on any atom is 0.322 e. The minimum absolute atomic E-state index is 0.0565. The van der Waals surface area contributed by atoms with Crippen LogP contribution in [0.3, 0.4) is 0 Å². The molecule has 2 rings (SSSR count). The van der Waals surface area contributed by atoms with Crippen molar-refractivity contribution in [3.8, 4) is 0 Å². The Kier molecular flexibility index (Phi) is 5.76. The molecule has 0 spiro atoms. The summed E-state index contributed by atoms with van der Waals surface area (Å²) in [6.07, 6.45) is 3.78. The van der Waals surface area contributed by atoms with Crippen LogP contribution in [0.4, 0.5) is 5.69 Å². The number of benzene rings is 1. The minimum atomic E-state index is -1.04. The summed E-state index contributed by atoms with van der Waals surface area (Å²) in [6, 6.07) is 6.43. The van der Waals surface area contributed by atoms with E-state index >= 15 is 0 Å². The molecule has 8 heteroatoms. The first-order valence-electron chi connectivity index (χ1n) is 6.54. The van der Waals surface area contributed by atoms with E-state index in [9.17, 15) is 9.59 Å². The van der Waals surface area contributed by atoms with Crippen molar-refractivity contribution in [3.05, 3.63) is 34.7 Å². The average molecular weight is 339 g/mol. The van der Waals surface area contributed by atoms with Crippen molar-refractivity contribution in [2.45, 2.75) is 10.7 Å². The van der Waals surface area contributed by atoms with E-state index in [1.807, 2.05) is 36.6 Å². The first kappa shape index (κ1) is 16.7. The van der Waals surface area contributed by atoms with Gasteiger partial charge in [0, 0.05) is 12.2 Å². The lowest BCUT2D eigenvalue weighted by molar-refractivity contribution is -0.138. The average Bonchev–Trinajstić information content (AvgIpc) is 2.86. The van der Waals surface area contributed by atoms with Gasteiger partial charge in [0.1, 0.15) is 10.7 Å². The molecule has 1 aliphatic rings. The van der Waals surface area contributed by atoms with Gasteiger partial charge in [-0.05, 0) is 30.0 Å². The van der Waals surface area contributed by atoms with E-state index < -0.39 is 12.0 Å². The molecule has 0 saturated carbocycles. The standard InChI is InChI=1S/C14H17N3O3S2/c1-21-14-17-12(18)11(22-14)6-8-2-4-9(5-3-8)16-7-10(15)13(19)20/h2-6,10,14,16H,7,15H2,1H3,(H,17,18)(H,19,20)/b11-6-/t10-,14?/m0/s1. The number of nitrogens with two attached hydrogens (primary N) is 1. The summed E-state index contributed by atoms with van der Waals surface area (Å²) in [5, 5.41) is 14.5. The number of nitrogens with one attached hydrogen (secondary N) is 2. The monoisotopic (exact) mass is 339 g/mol. The Bertz CT molecular complexity index is 590. The van der Waals surface area contributed by atoms with E-state index in [1.54, 1.807) is 11.8 Å². The number of carboxylic acids is 1. The Morgan fingerprint density at radius 1 is 1.55 bits per heavy atom. The summed E-state index contributed by atoms with van der Waals surface area (Å²) in [4.78, 5) is 23.1. The summed E-state index contributed by atoms with van der Waals surface area (Å²) < 4.78 is 0.0668. The van der Waals surface area contributed by atoms with E-state index in [-0.39, 0.29) is 17.2 Å². The molecule has 1 saturated heterocycles. The molecule has 0 radical (unpaired) electrons. The van der Waals surface area contributed by atoms with Crippen molar-refractivity contribution < 1.29 is 14.7 Å². The zero-order chi connectivity index (χ0) is 16.1. The molecule has 5 N–H and O–H groups in total. The summed E-state index contributed by atoms with van der Waals surface area (Å²) in [5.74, 6) is -1.10. The van der Waals surface area contributed by atoms with Gasteiger partial charge in [-0.25, -0.2) is 0 Å². The number of aliphatic carboxylic acids is 1. The lowest BCUT2D eigenvalue weighted by atomic mass is 10.2. The van der Waals surface area contributed by atoms with E-state index in [1.165, 1.54) is 11.8 Å². The third-order valence-electron chi connectivity index (χ3n) is 2.97. The van der Waals surface area contributed by atoms with Crippen molar-refractivity contribution in [1.29, 1.82) is 0 Å². The molecule has 2 atom stereocenters. The highest BCUT2D eigenvalue weighted by atomic mass is 32.2. The second-order valence-corrected chi connectivity index (χ2v) is 7.00. The van der Waals surface area contributed by atoms with Crippen molar-refractivity contribution in [2.75, 3.05) is 18.1 Å². The fourth-order valence-electron chi connectivity index (χ4n) is 1.75.